The second-order valence-corrected chi connectivity index (χ2v) is 7.53. The number of aliphatic hydroxyl groups is 2. The molecule has 0 bridgehead atoms. The summed E-state index contributed by atoms with van der Waals surface area (Å²) in [6, 6.07) is 0.876. The lowest BCUT2D eigenvalue weighted by atomic mass is 9.73. The molecular formula is C21H24O8. The predicted octanol–water partition coefficient (Wildman–Crippen LogP) is 3.15. The van der Waals surface area contributed by atoms with Gasteiger partial charge in [0.25, 0.3) is 0 Å². The van der Waals surface area contributed by atoms with Gasteiger partial charge in [0, 0.05) is 30.0 Å². The molecule has 0 spiro atoms. The SMILES string of the molecule is CCCC(=O)c1c(O)cc(O)c(CC2=C(O)C(C)(C)C(=O)C(C(C)=O)=C2O)c1O. The summed E-state index contributed by atoms with van der Waals surface area (Å²) in [6.45, 7) is 5.57. The Bertz CT molecular complexity index is 979. The molecule has 0 amide bonds. The Balaban J connectivity index is 2.71. The maximum atomic E-state index is 12.5. The average Bonchev–Trinajstić information content (AvgIpc) is 2.59. The van der Waals surface area contributed by atoms with E-state index in [1.807, 2.05) is 0 Å². The average molecular weight is 404 g/mol. The molecular weight excluding hydrogens is 380 g/mol. The van der Waals surface area contributed by atoms with Crippen LogP contribution < -0.4 is 0 Å². The lowest BCUT2D eigenvalue weighted by Gasteiger charge is -2.30. The molecule has 8 heteroatoms. The van der Waals surface area contributed by atoms with E-state index in [9.17, 15) is 39.9 Å². The van der Waals surface area contributed by atoms with E-state index < -0.39 is 63.5 Å². The van der Waals surface area contributed by atoms with E-state index in [0.29, 0.717) is 6.42 Å². The van der Waals surface area contributed by atoms with Crippen molar-refractivity contribution in [1.82, 2.24) is 0 Å². The Labute approximate surface area is 167 Å². The van der Waals surface area contributed by atoms with Crippen molar-refractivity contribution < 1.29 is 39.9 Å². The predicted molar refractivity (Wildman–Crippen MR) is 103 cm³/mol. The van der Waals surface area contributed by atoms with Gasteiger partial charge in [0.05, 0.1) is 5.41 Å². The molecule has 0 saturated carbocycles. The molecule has 0 atom stereocenters. The zero-order valence-electron chi connectivity index (χ0n) is 16.7. The van der Waals surface area contributed by atoms with Gasteiger partial charge in [-0.1, -0.05) is 6.92 Å². The highest BCUT2D eigenvalue weighted by atomic mass is 16.3. The molecule has 0 heterocycles. The maximum Gasteiger partial charge on any atom is 0.183 e. The topological polar surface area (TPSA) is 152 Å². The Kier molecular flexibility index (Phi) is 5.78. The van der Waals surface area contributed by atoms with Crippen LogP contribution in [-0.4, -0.2) is 42.9 Å². The minimum absolute atomic E-state index is 0.0421. The molecule has 1 aromatic rings. The highest BCUT2D eigenvalue weighted by molar-refractivity contribution is 6.23. The molecule has 0 saturated heterocycles. The summed E-state index contributed by atoms with van der Waals surface area (Å²) in [5.74, 6) is -5.20. The number of phenols is 3. The molecule has 0 radical (unpaired) electrons. The minimum Gasteiger partial charge on any atom is -0.511 e. The largest absolute Gasteiger partial charge is 0.511 e. The number of hydrogen-bond donors (Lipinski definition) is 5. The summed E-state index contributed by atoms with van der Waals surface area (Å²) >= 11 is 0. The van der Waals surface area contributed by atoms with Crippen molar-refractivity contribution in [2.45, 2.75) is 47.0 Å². The third kappa shape index (κ3) is 3.57. The summed E-state index contributed by atoms with van der Waals surface area (Å²) in [6.07, 6.45) is 0.0115. The standard InChI is InChI=1S/C21H24O8/c1-5-6-12(23)16-14(25)8-13(24)10(17(16)26)7-11-18(27)15(9(2)22)20(29)21(3,4)19(11)28/h8,24-28H,5-7H2,1-4H3. The zero-order chi connectivity index (χ0) is 22.3. The Morgan fingerprint density at radius 2 is 1.62 bits per heavy atom. The molecule has 8 nitrogen and oxygen atoms in total. The van der Waals surface area contributed by atoms with E-state index in [2.05, 4.69) is 0 Å². The van der Waals surface area contributed by atoms with E-state index in [1.165, 1.54) is 13.8 Å². The van der Waals surface area contributed by atoms with E-state index in [4.69, 9.17) is 0 Å². The Morgan fingerprint density at radius 3 is 2.14 bits per heavy atom. The van der Waals surface area contributed by atoms with Gasteiger partial charge in [-0.05, 0) is 27.2 Å². The number of hydrogen-bond acceptors (Lipinski definition) is 8. The number of Topliss-reactive ketones (excluding diaryl/α,β-unsaturated/α-hetero) is 3. The van der Waals surface area contributed by atoms with Crippen LogP contribution in [-0.2, 0) is 16.0 Å². The fourth-order valence-electron chi connectivity index (χ4n) is 3.32. The highest BCUT2D eigenvalue weighted by Gasteiger charge is 2.44. The quantitative estimate of drug-likeness (QED) is 0.358. The molecule has 29 heavy (non-hydrogen) atoms. The van der Waals surface area contributed by atoms with Gasteiger partial charge in [0.2, 0.25) is 0 Å². The molecule has 1 aliphatic rings. The molecule has 1 aliphatic carbocycles. The minimum atomic E-state index is -1.52. The van der Waals surface area contributed by atoms with Gasteiger partial charge in [-0.15, -0.1) is 0 Å². The Hall–Kier alpha value is -3.29. The van der Waals surface area contributed by atoms with Crippen LogP contribution in [0.3, 0.4) is 0 Å². The first-order valence-electron chi connectivity index (χ1n) is 9.08. The summed E-state index contributed by atoms with van der Waals surface area (Å²) in [5.41, 5.74) is -2.90. The van der Waals surface area contributed by atoms with Crippen molar-refractivity contribution in [3.63, 3.8) is 0 Å². The van der Waals surface area contributed by atoms with E-state index >= 15 is 0 Å². The van der Waals surface area contributed by atoms with Crippen LogP contribution in [0.1, 0.15) is 56.5 Å². The summed E-state index contributed by atoms with van der Waals surface area (Å²) in [4.78, 5) is 36.6. The van der Waals surface area contributed by atoms with Gasteiger partial charge in [0.1, 0.15) is 39.9 Å². The number of benzene rings is 1. The zero-order valence-corrected chi connectivity index (χ0v) is 16.7. The van der Waals surface area contributed by atoms with Crippen molar-refractivity contribution in [1.29, 1.82) is 0 Å². The molecule has 2 rings (SSSR count). The van der Waals surface area contributed by atoms with Crippen LogP contribution >= 0.6 is 0 Å². The smallest absolute Gasteiger partial charge is 0.183 e. The summed E-state index contributed by atoms with van der Waals surface area (Å²) in [7, 11) is 0. The third-order valence-corrected chi connectivity index (χ3v) is 5.02. The van der Waals surface area contributed by atoms with E-state index in [1.54, 1.807) is 6.92 Å². The van der Waals surface area contributed by atoms with Gasteiger partial charge in [0.15, 0.2) is 17.3 Å². The number of ketones is 3. The van der Waals surface area contributed by atoms with Crippen molar-refractivity contribution in [2.75, 3.05) is 0 Å². The first kappa shape index (κ1) is 22.0. The number of phenolic OH excluding ortho intramolecular Hbond substituents is 3. The number of aromatic hydroxyl groups is 3. The number of carbonyl (C=O) groups is 3. The van der Waals surface area contributed by atoms with Crippen LogP contribution in [0.2, 0.25) is 0 Å². The Morgan fingerprint density at radius 1 is 1.03 bits per heavy atom. The van der Waals surface area contributed by atoms with Gasteiger partial charge in [-0.25, -0.2) is 0 Å². The fraction of sp³-hybridized carbons (Fsp3) is 0.381. The first-order valence-corrected chi connectivity index (χ1v) is 9.08. The van der Waals surface area contributed by atoms with Gasteiger partial charge in [-0.3, -0.25) is 14.4 Å². The summed E-state index contributed by atoms with van der Waals surface area (Å²) in [5, 5.41) is 51.8. The van der Waals surface area contributed by atoms with Gasteiger partial charge >= 0.3 is 0 Å². The van der Waals surface area contributed by atoms with E-state index in [0.717, 1.165) is 13.0 Å². The molecule has 0 unspecified atom stereocenters. The third-order valence-electron chi connectivity index (χ3n) is 5.02. The van der Waals surface area contributed by atoms with Crippen molar-refractivity contribution in [2.24, 2.45) is 5.41 Å². The lowest BCUT2D eigenvalue weighted by Crippen LogP contribution is -2.36. The normalized spacial score (nSPS) is 16.3. The monoisotopic (exact) mass is 404 g/mol. The van der Waals surface area contributed by atoms with Crippen LogP contribution in [0, 0.1) is 5.41 Å². The maximum absolute atomic E-state index is 12.5. The number of rotatable bonds is 6. The molecule has 5 N–H and O–H groups in total. The first-order chi connectivity index (χ1) is 13.4. The van der Waals surface area contributed by atoms with Crippen LogP contribution in [0.15, 0.2) is 28.7 Å². The number of carbonyl (C=O) groups excluding carboxylic acids is 3. The molecule has 1 aromatic carbocycles. The van der Waals surface area contributed by atoms with Crippen molar-refractivity contribution in [3.8, 4) is 17.2 Å². The molecule has 0 aromatic heterocycles. The van der Waals surface area contributed by atoms with Crippen LogP contribution in [0.25, 0.3) is 0 Å². The number of allylic oxidation sites excluding steroid dienone is 3. The molecule has 0 aliphatic heterocycles. The van der Waals surface area contributed by atoms with Crippen LogP contribution in [0.5, 0.6) is 17.2 Å². The second kappa shape index (κ2) is 7.62. The van der Waals surface area contributed by atoms with Gasteiger partial charge < -0.3 is 25.5 Å². The van der Waals surface area contributed by atoms with Crippen LogP contribution in [0.4, 0.5) is 0 Å². The summed E-state index contributed by atoms with van der Waals surface area (Å²) < 4.78 is 0. The van der Waals surface area contributed by atoms with Gasteiger partial charge in [-0.2, -0.15) is 0 Å². The van der Waals surface area contributed by atoms with E-state index in [-0.39, 0.29) is 23.1 Å². The molecule has 0 fully saturated rings. The lowest BCUT2D eigenvalue weighted by molar-refractivity contribution is -0.126. The highest BCUT2D eigenvalue weighted by Crippen LogP contribution is 2.44. The van der Waals surface area contributed by atoms with Crippen molar-refractivity contribution in [3.05, 3.63) is 39.9 Å². The second-order valence-electron chi connectivity index (χ2n) is 7.53. The number of aliphatic hydroxyl groups excluding tert-OH is 2. The van der Waals surface area contributed by atoms with Crippen molar-refractivity contribution >= 4 is 17.3 Å². The molecule has 156 valence electrons. The fourth-order valence-corrected chi connectivity index (χ4v) is 3.32.